The van der Waals surface area contributed by atoms with E-state index in [2.05, 4.69) is 18.2 Å². The fraction of sp³-hybridized carbons (Fsp3) is 0.231. The number of para-hydroxylation sites is 1. The minimum absolute atomic E-state index is 0.408. The zero-order chi connectivity index (χ0) is 13.4. The van der Waals surface area contributed by atoms with Crippen LogP contribution in [-0.4, -0.2) is 24.8 Å². The molecule has 0 heterocycles. The van der Waals surface area contributed by atoms with Crippen LogP contribution >= 0.6 is 7.67 Å². The summed E-state index contributed by atoms with van der Waals surface area (Å²) in [5.41, 5.74) is 0. The first kappa shape index (κ1) is 14.7. The summed E-state index contributed by atoms with van der Waals surface area (Å²) in [6.07, 6.45) is 3.32. The lowest BCUT2D eigenvalue weighted by Gasteiger charge is -2.27. The van der Waals surface area contributed by atoms with Gasteiger partial charge in [0, 0.05) is 13.1 Å². The summed E-state index contributed by atoms with van der Waals surface area (Å²) in [6, 6.07) is 9.08. The lowest BCUT2D eigenvalue weighted by Crippen LogP contribution is -2.28. The van der Waals surface area contributed by atoms with Gasteiger partial charge in [0.1, 0.15) is 5.75 Å². The number of rotatable bonds is 8. The van der Waals surface area contributed by atoms with E-state index in [4.69, 9.17) is 4.52 Å². The van der Waals surface area contributed by atoms with Gasteiger partial charge in [-0.3, -0.25) is 0 Å². The summed E-state index contributed by atoms with van der Waals surface area (Å²) < 4.78 is 19.9. The Morgan fingerprint density at radius 1 is 1.33 bits per heavy atom. The van der Waals surface area contributed by atoms with E-state index >= 15 is 0 Å². The highest BCUT2D eigenvalue weighted by atomic mass is 31.2. The van der Waals surface area contributed by atoms with Gasteiger partial charge < -0.3 is 4.52 Å². The van der Waals surface area contributed by atoms with Crippen molar-refractivity contribution < 1.29 is 9.09 Å². The third-order valence-electron chi connectivity index (χ3n) is 2.25. The van der Waals surface area contributed by atoms with E-state index in [1.54, 1.807) is 36.0 Å². The molecule has 0 spiro atoms. The summed E-state index contributed by atoms with van der Waals surface area (Å²) in [5.74, 6) is 0.563. The second-order valence-corrected chi connectivity index (χ2v) is 5.93. The molecule has 1 unspecified atom stereocenters. The zero-order valence-electron chi connectivity index (χ0n) is 10.6. The maximum atomic E-state index is 12.7. The molecule has 18 heavy (non-hydrogen) atoms. The Hall–Kier alpha value is -1.35. The molecule has 1 N–H and O–H groups in total. The predicted octanol–water partition coefficient (Wildman–Crippen LogP) is 3.07. The topological polar surface area (TPSA) is 41.6 Å². The number of nitrogens with zero attached hydrogens (tertiary/aromatic N) is 1. The third-order valence-corrected chi connectivity index (χ3v) is 4.35. The Morgan fingerprint density at radius 2 is 2.00 bits per heavy atom. The van der Waals surface area contributed by atoms with Crippen molar-refractivity contribution in [3.63, 3.8) is 0 Å². The lowest BCUT2D eigenvalue weighted by molar-refractivity contribution is 0.391. The van der Waals surface area contributed by atoms with Crippen LogP contribution in [0.15, 0.2) is 55.6 Å². The molecule has 5 heteroatoms. The molecular formula is C13H19N2O2P. The van der Waals surface area contributed by atoms with Crippen LogP contribution in [-0.2, 0) is 4.57 Å². The van der Waals surface area contributed by atoms with Crippen molar-refractivity contribution in [1.29, 1.82) is 0 Å². The minimum Gasteiger partial charge on any atom is -0.422 e. The van der Waals surface area contributed by atoms with Gasteiger partial charge in [0.25, 0.3) is 0 Å². The second-order valence-electron chi connectivity index (χ2n) is 3.70. The monoisotopic (exact) mass is 266 g/mol. The number of benzene rings is 1. The Bertz CT molecular complexity index is 434. The van der Waals surface area contributed by atoms with Crippen molar-refractivity contribution in [1.82, 2.24) is 9.76 Å². The molecular weight excluding hydrogens is 247 g/mol. The van der Waals surface area contributed by atoms with Gasteiger partial charge >= 0.3 is 7.67 Å². The quantitative estimate of drug-likeness (QED) is 0.580. The van der Waals surface area contributed by atoms with Crippen molar-refractivity contribution >= 4 is 7.67 Å². The van der Waals surface area contributed by atoms with Crippen molar-refractivity contribution in [2.24, 2.45) is 0 Å². The highest BCUT2D eigenvalue weighted by Crippen LogP contribution is 2.45. The first-order valence-corrected chi connectivity index (χ1v) is 7.23. The van der Waals surface area contributed by atoms with Gasteiger partial charge in [-0.05, 0) is 19.2 Å². The van der Waals surface area contributed by atoms with E-state index in [9.17, 15) is 4.57 Å². The maximum absolute atomic E-state index is 12.7. The fourth-order valence-electron chi connectivity index (χ4n) is 1.32. The Morgan fingerprint density at radius 3 is 2.56 bits per heavy atom. The normalized spacial score (nSPS) is 13.9. The van der Waals surface area contributed by atoms with Crippen molar-refractivity contribution in [3.05, 3.63) is 55.6 Å². The first-order chi connectivity index (χ1) is 8.62. The van der Waals surface area contributed by atoms with Gasteiger partial charge in [-0.15, -0.1) is 13.2 Å². The Kier molecular flexibility index (Phi) is 5.86. The molecule has 0 saturated carbocycles. The molecule has 0 aliphatic heterocycles. The van der Waals surface area contributed by atoms with Crippen molar-refractivity contribution in [3.8, 4) is 5.75 Å². The summed E-state index contributed by atoms with van der Waals surface area (Å²) in [4.78, 5) is 0. The molecule has 0 bridgehead atoms. The summed E-state index contributed by atoms with van der Waals surface area (Å²) in [6.45, 7) is 8.11. The largest absolute Gasteiger partial charge is 0.422 e. The van der Waals surface area contributed by atoms with E-state index in [0.717, 1.165) is 0 Å². The molecule has 0 aliphatic carbocycles. The fourth-order valence-corrected chi connectivity index (χ4v) is 2.86. The SMILES string of the molecule is C=CCNP(=O)(Oc1ccccc1)N(C)CC=C. The van der Waals surface area contributed by atoms with E-state index in [0.29, 0.717) is 18.8 Å². The van der Waals surface area contributed by atoms with Crippen LogP contribution in [0.5, 0.6) is 5.75 Å². The standard InChI is InChI=1S/C13H19N2O2P/c1-4-11-14-18(16,15(3)12-5-2)17-13-9-7-6-8-10-13/h4-10H,1-2,11-12H2,3H3,(H,14,16). The first-order valence-electron chi connectivity index (χ1n) is 5.65. The van der Waals surface area contributed by atoms with E-state index < -0.39 is 7.67 Å². The van der Waals surface area contributed by atoms with Crippen LogP contribution in [0.2, 0.25) is 0 Å². The molecule has 0 aromatic heterocycles. The van der Waals surface area contributed by atoms with Gasteiger partial charge in [-0.25, -0.2) is 14.3 Å². The highest BCUT2D eigenvalue weighted by molar-refractivity contribution is 7.54. The molecule has 1 aromatic carbocycles. The van der Waals surface area contributed by atoms with Crippen LogP contribution in [0.25, 0.3) is 0 Å². The summed E-state index contributed by atoms with van der Waals surface area (Å²) in [5, 5.41) is 2.87. The Balaban J connectivity index is 2.86. The van der Waals surface area contributed by atoms with E-state index in [1.807, 2.05) is 18.2 Å². The van der Waals surface area contributed by atoms with Crippen LogP contribution in [0.4, 0.5) is 0 Å². The second kappa shape index (κ2) is 7.17. The maximum Gasteiger partial charge on any atom is 0.393 e. The van der Waals surface area contributed by atoms with Crippen LogP contribution in [0.1, 0.15) is 0 Å². The molecule has 0 radical (unpaired) electrons. The molecule has 1 rings (SSSR count). The van der Waals surface area contributed by atoms with Gasteiger partial charge in [-0.2, -0.15) is 0 Å². The van der Waals surface area contributed by atoms with Crippen LogP contribution in [0.3, 0.4) is 0 Å². The number of likely N-dealkylation sites (N-methyl/N-ethyl adjacent to an activating group) is 1. The molecule has 0 saturated heterocycles. The van der Waals surface area contributed by atoms with Crippen LogP contribution < -0.4 is 9.61 Å². The average Bonchev–Trinajstić information content (AvgIpc) is 2.38. The minimum atomic E-state index is -3.12. The van der Waals surface area contributed by atoms with E-state index in [-0.39, 0.29) is 0 Å². The van der Waals surface area contributed by atoms with Gasteiger partial charge in [-0.1, -0.05) is 30.4 Å². The Labute approximate surface area is 109 Å². The average molecular weight is 266 g/mol. The molecule has 1 aromatic rings. The molecule has 0 amide bonds. The number of hydrogen-bond donors (Lipinski definition) is 1. The number of nitrogens with one attached hydrogen (secondary N) is 1. The molecule has 4 nitrogen and oxygen atoms in total. The van der Waals surface area contributed by atoms with Crippen molar-refractivity contribution in [2.75, 3.05) is 20.1 Å². The van der Waals surface area contributed by atoms with Gasteiger partial charge in [0.2, 0.25) is 0 Å². The molecule has 0 fully saturated rings. The predicted molar refractivity (Wildman–Crippen MR) is 75.7 cm³/mol. The smallest absolute Gasteiger partial charge is 0.393 e. The van der Waals surface area contributed by atoms with Gasteiger partial charge in [0.05, 0.1) is 0 Å². The third kappa shape index (κ3) is 4.15. The lowest BCUT2D eigenvalue weighted by atomic mass is 10.3. The summed E-state index contributed by atoms with van der Waals surface area (Å²) in [7, 11) is -1.40. The van der Waals surface area contributed by atoms with Crippen molar-refractivity contribution in [2.45, 2.75) is 0 Å². The molecule has 0 aliphatic rings. The molecule has 1 atom stereocenters. The van der Waals surface area contributed by atoms with Gasteiger partial charge in [0.15, 0.2) is 0 Å². The van der Waals surface area contributed by atoms with Crippen LogP contribution in [0, 0.1) is 0 Å². The summed E-state index contributed by atoms with van der Waals surface area (Å²) >= 11 is 0. The molecule has 98 valence electrons. The number of hydrogen-bond acceptors (Lipinski definition) is 2. The van der Waals surface area contributed by atoms with E-state index in [1.165, 1.54) is 0 Å². The zero-order valence-corrected chi connectivity index (χ0v) is 11.5. The highest BCUT2D eigenvalue weighted by Gasteiger charge is 2.28.